The van der Waals surface area contributed by atoms with Crippen LogP contribution in [0, 0.1) is 25.7 Å². The summed E-state index contributed by atoms with van der Waals surface area (Å²) in [4.78, 5) is 26.3. The zero-order valence-electron chi connectivity index (χ0n) is 17.3. The number of esters is 1. The molecule has 8 nitrogen and oxygen atoms in total. The molecule has 0 N–H and O–H groups in total. The molecule has 1 fully saturated rings. The number of piperidine rings is 1. The number of benzene rings is 1. The van der Waals surface area contributed by atoms with Gasteiger partial charge in [0.05, 0.1) is 11.4 Å². The predicted octanol–water partition coefficient (Wildman–Crippen LogP) is 2.42. The first-order valence-corrected chi connectivity index (χ1v) is 10.7. The lowest BCUT2D eigenvalue weighted by Gasteiger charge is -2.34. The first-order chi connectivity index (χ1) is 13.8. The van der Waals surface area contributed by atoms with Gasteiger partial charge in [0.25, 0.3) is 5.91 Å². The van der Waals surface area contributed by atoms with Crippen molar-refractivity contribution < 1.29 is 14.3 Å². The molecule has 29 heavy (non-hydrogen) atoms. The molecule has 1 aliphatic heterocycles. The smallest absolute Gasteiger partial charge is 0.316 e. The van der Waals surface area contributed by atoms with Crippen molar-refractivity contribution in [1.29, 1.82) is 0 Å². The Labute approximate surface area is 175 Å². The summed E-state index contributed by atoms with van der Waals surface area (Å²) in [6.45, 7) is 9.48. The topological polar surface area (TPSA) is 90.2 Å². The number of amides is 1. The van der Waals surface area contributed by atoms with Crippen LogP contribution in [0.3, 0.4) is 0 Å². The van der Waals surface area contributed by atoms with Crippen molar-refractivity contribution in [3.05, 3.63) is 29.3 Å². The molecule has 0 spiro atoms. The van der Waals surface area contributed by atoms with Crippen LogP contribution in [0.15, 0.2) is 23.4 Å². The van der Waals surface area contributed by atoms with E-state index >= 15 is 0 Å². The standard InChI is InChI=1S/C20H27N5O3S/c1-13-5-6-16(4)17(8-13)25-20(21-22-23-25)29-12-19(27)28-11-18(26)24-9-14(2)7-15(3)10-24/h5-6,8,14-15H,7,9-12H2,1-4H3/t14-,15+. The fraction of sp³-hybridized carbons (Fsp3) is 0.550. The average molecular weight is 418 g/mol. The monoisotopic (exact) mass is 417 g/mol. The Balaban J connectivity index is 1.52. The number of carbonyl (C=O) groups excluding carboxylic acids is 2. The third-order valence-electron chi connectivity index (χ3n) is 4.93. The summed E-state index contributed by atoms with van der Waals surface area (Å²) in [6, 6.07) is 6.02. The summed E-state index contributed by atoms with van der Waals surface area (Å²) in [6.07, 6.45) is 1.12. The molecule has 1 aliphatic rings. The van der Waals surface area contributed by atoms with Crippen molar-refractivity contribution in [3.63, 3.8) is 0 Å². The van der Waals surface area contributed by atoms with E-state index < -0.39 is 5.97 Å². The van der Waals surface area contributed by atoms with Gasteiger partial charge in [-0.25, -0.2) is 0 Å². The van der Waals surface area contributed by atoms with Gasteiger partial charge in [0.2, 0.25) is 5.16 Å². The molecule has 0 aliphatic carbocycles. The third-order valence-corrected chi connectivity index (χ3v) is 5.82. The van der Waals surface area contributed by atoms with Gasteiger partial charge >= 0.3 is 5.97 Å². The minimum absolute atomic E-state index is 0.0331. The highest BCUT2D eigenvalue weighted by molar-refractivity contribution is 7.99. The van der Waals surface area contributed by atoms with Crippen LogP contribution in [-0.4, -0.2) is 62.4 Å². The molecule has 0 unspecified atom stereocenters. The molecule has 0 bridgehead atoms. The molecular weight excluding hydrogens is 390 g/mol. The number of aryl methyl sites for hydroxylation is 2. The Morgan fingerprint density at radius 3 is 2.66 bits per heavy atom. The van der Waals surface area contributed by atoms with Gasteiger partial charge in [-0.3, -0.25) is 9.59 Å². The van der Waals surface area contributed by atoms with E-state index in [-0.39, 0.29) is 18.3 Å². The Morgan fingerprint density at radius 1 is 1.21 bits per heavy atom. The van der Waals surface area contributed by atoms with Crippen LogP contribution in [0.1, 0.15) is 31.4 Å². The van der Waals surface area contributed by atoms with E-state index in [1.807, 2.05) is 32.0 Å². The van der Waals surface area contributed by atoms with Crippen LogP contribution in [-0.2, 0) is 14.3 Å². The fourth-order valence-corrected chi connectivity index (χ4v) is 4.31. The number of ether oxygens (including phenoxy) is 1. The van der Waals surface area contributed by atoms with Gasteiger partial charge in [0.15, 0.2) is 6.61 Å². The lowest BCUT2D eigenvalue weighted by atomic mass is 9.92. The molecule has 2 aromatic rings. The molecular formula is C20H27N5O3S. The quantitative estimate of drug-likeness (QED) is 0.527. The average Bonchev–Trinajstić information content (AvgIpc) is 3.14. The van der Waals surface area contributed by atoms with Crippen molar-refractivity contribution in [2.75, 3.05) is 25.4 Å². The summed E-state index contributed by atoms with van der Waals surface area (Å²) < 4.78 is 6.80. The van der Waals surface area contributed by atoms with Crippen molar-refractivity contribution in [2.45, 2.75) is 39.3 Å². The second kappa shape index (κ2) is 9.39. The van der Waals surface area contributed by atoms with Crippen LogP contribution in [0.2, 0.25) is 0 Å². The molecule has 0 saturated carbocycles. The van der Waals surface area contributed by atoms with Crippen LogP contribution >= 0.6 is 11.8 Å². The molecule has 1 aromatic heterocycles. The molecule has 2 heterocycles. The molecule has 2 atom stereocenters. The van der Waals surface area contributed by atoms with Gasteiger partial charge in [0, 0.05) is 13.1 Å². The molecule has 1 amide bonds. The number of aromatic nitrogens is 4. The van der Waals surface area contributed by atoms with E-state index in [2.05, 4.69) is 29.4 Å². The molecule has 156 valence electrons. The van der Waals surface area contributed by atoms with Crippen LogP contribution in [0.5, 0.6) is 0 Å². The Morgan fingerprint density at radius 2 is 1.93 bits per heavy atom. The number of tetrazole rings is 1. The largest absolute Gasteiger partial charge is 0.455 e. The van der Waals surface area contributed by atoms with E-state index in [1.165, 1.54) is 11.8 Å². The summed E-state index contributed by atoms with van der Waals surface area (Å²) in [5, 5.41) is 12.3. The number of likely N-dealkylation sites (tertiary alicyclic amines) is 1. The van der Waals surface area contributed by atoms with Crippen LogP contribution < -0.4 is 0 Å². The first-order valence-electron chi connectivity index (χ1n) is 9.75. The van der Waals surface area contributed by atoms with E-state index in [1.54, 1.807) is 9.58 Å². The lowest BCUT2D eigenvalue weighted by Crippen LogP contribution is -2.44. The van der Waals surface area contributed by atoms with E-state index in [0.717, 1.165) is 36.3 Å². The maximum absolute atomic E-state index is 12.3. The Hall–Kier alpha value is -2.42. The zero-order valence-corrected chi connectivity index (χ0v) is 18.1. The van der Waals surface area contributed by atoms with E-state index in [0.29, 0.717) is 17.0 Å². The number of nitrogens with zero attached hydrogens (tertiary/aromatic N) is 5. The number of hydrogen-bond donors (Lipinski definition) is 0. The van der Waals surface area contributed by atoms with Gasteiger partial charge in [-0.15, -0.1) is 5.10 Å². The number of rotatable bonds is 6. The fourth-order valence-electron chi connectivity index (χ4n) is 3.63. The maximum Gasteiger partial charge on any atom is 0.316 e. The Bertz CT molecular complexity index is 875. The molecule has 9 heteroatoms. The van der Waals surface area contributed by atoms with Crippen molar-refractivity contribution in [1.82, 2.24) is 25.1 Å². The van der Waals surface area contributed by atoms with Crippen molar-refractivity contribution >= 4 is 23.6 Å². The summed E-state index contributed by atoms with van der Waals surface area (Å²) >= 11 is 1.19. The molecule has 3 rings (SSSR count). The third kappa shape index (κ3) is 5.56. The highest BCUT2D eigenvalue weighted by atomic mass is 32.2. The van der Waals surface area contributed by atoms with Gasteiger partial charge in [0.1, 0.15) is 0 Å². The number of carbonyl (C=O) groups is 2. The molecule has 1 aromatic carbocycles. The predicted molar refractivity (Wildman–Crippen MR) is 110 cm³/mol. The van der Waals surface area contributed by atoms with Crippen molar-refractivity contribution in [3.8, 4) is 5.69 Å². The highest BCUT2D eigenvalue weighted by Gasteiger charge is 2.26. The van der Waals surface area contributed by atoms with Gasteiger partial charge in [-0.1, -0.05) is 37.7 Å². The maximum atomic E-state index is 12.3. The second-order valence-electron chi connectivity index (χ2n) is 7.86. The normalized spacial score (nSPS) is 19.2. The molecule has 1 saturated heterocycles. The summed E-state index contributed by atoms with van der Waals surface area (Å²) in [5.41, 5.74) is 2.99. The van der Waals surface area contributed by atoms with E-state index in [4.69, 9.17) is 4.74 Å². The molecule has 0 radical (unpaired) electrons. The summed E-state index contributed by atoms with van der Waals surface area (Å²) in [5.74, 6) is 0.375. The summed E-state index contributed by atoms with van der Waals surface area (Å²) in [7, 11) is 0. The van der Waals surface area contributed by atoms with Crippen LogP contribution in [0.25, 0.3) is 5.69 Å². The van der Waals surface area contributed by atoms with Crippen LogP contribution in [0.4, 0.5) is 0 Å². The zero-order chi connectivity index (χ0) is 21.0. The number of hydrogen-bond acceptors (Lipinski definition) is 7. The minimum Gasteiger partial charge on any atom is -0.455 e. The second-order valence-corrected chi connectivity index (χ2v) is 8.80. The Kier molecular flexibility index (Phi) is 6.89. The number of thioether (sulfide) groups is 1. The van der Waals surface area contributed by atoms with Gasteiger partial charge in [-0.2, -0.15) is 4.68 Å². The SMILES string of the molecule is Cc1ccc(C)c(-n2nnnc2SCC(=O)OCC(=O)N2C[C@H](C)C[C@H](C)C2)c1. The van der Waals surface area contributed by atoms with Gasteiger partial charge in [-0.05, 0) is 59.7 Å². The van der Waals surface area contributed by atoms with E-state index in [9.17, 15) is 9.59 Å². The first kappa shape index (κ1) is 21.3. The lowest BCUT2D eigenvalue weighted by molar-refractivity contribution is -0.151. The minimum atomic E-state index is -0.461. The van der Waals surface area contributed by atoms with Gasteiger partial charge < -0.3 is 9.64 Å². The van der Waals surface area contributed by atoms with Crippen molar-refractivity contribution in [2.24, 2.45) is 11.8 Å². The highest BCUT2D eigenvalue weighted by Crippen LogP contribution is 2.22.